The number of aliphatic imine (C=N–C) groups is 1. The van der Waals surface area contributed by atoms with Crippen LogP contribution in [-0.2, 0) is 15.6 Å². The zero-order chi connectivity index (χ0) is 20.5. The molecule has 1 fully saturated rings. The van der Waals surface area contributed by atoms with Crippen molar-refractivity contribution in [1.82, 2.24) is 4.31 Å². The van der Waals surface area contributed by atoms with Gasteiger partial charge in [0, 0.05) is 19.3 Å². The second-order valence-corrected chi connectivity index (χ2v) is 9.23. The highest BCUT2D eigenvalue weighted by atomic mass is 32.2. The molecular formula is C23H21FN2O2S. The van der Waals surface area contributed by atoms with Crippen LogP contribution in [0.15, 0.2) is 88.8 Å². The predicted molar refractivity (Wildman–Crippen MR) is 112 cm³/mol. The lowest BCUT2D eigenvalue weighted by Crippen LogP contribution is -2.60. The van der Waals surface area contributed by atoms with E-state index in [2.05, 4.69) is 0 Å². The number of halogens is 1. The highest BCUT2D eigenvalue weighted by Gasteiger charge is 2.49. The van der Waals surface area contributed by atoms with Gasteiger partial charge < -0.3 is 0 Å². The molecule has 0 radical (unpaired) electrons. The molecule has 148 valence electrons. The maximum Gasteiger partial charge on any atom is 0.243 e. The Hall–Kier alpha value is -2.83. The maximum atomic E-state index is 13.2. The Balaban J connectivity index is 1.63. The molecule has 0 spiro atoms. The van der Waals surface area contributed by atoms with Crippen LogP contribution in [-0.4, -0.2) is 32.0 Å². The van der Waals surface area contributed by atoms with E-state index in [1.165, 1.54) is 16.4 Å². The second-order valence-electron chi connectivity index (χ2n) is 7.29. The van der Waals surface area contributed by atoms with Gasteiger partial charge in [-0.1, -0.05) is 60.2 Å². The normalized spacial score (nSPS) is 16.6. The number of hydrogen-bond donors (Lipinski definition) is 0. The van der Waals surface area contributed by atoms with E-state index in [1.54, 1.807) is 42.6 Å². The summed E-state index contributed by atoms with van der Waals surface area (Å²) < 4.78 is 40.6. The van der Waals surface area contributed by atoms with Crippen molar-refractivity contribution in [1.29, 1.82) is 0 Å². The molecule has 0 amide bonds. The van der Waals surface area contributed by atoms with Gasteiger partial charge in [0.25, 0.3) is 0 Å². The van der Waals surface area contributed by atoms with Crippen LogP contribution in [0, 0.1) is 12.7 Å². The second kappa shape index (κ2) is 7.54. The van der Waals surface area contributed by atoms with Crippen molar-refractivity contribution in [3.05, 3.63) is 101 Å². The molecule has 0 aliphatic carbocycles. The zero-order valence-electron chi connectivity index (χ0n) is 16.0. The Bertz CT molecular complexity index is 1120. The summed E-state index contributed by atoms with van der Waals surface area (Å²) in [4.78, 5) is 5.03. The molecule has 1 saturated heterocycles. The van der Waals surface area contributed by atoms with E-state index < -0.39 is 15.6 Å². The third-order valence-corrected chi connectivity index (χ3v) is 6.98. The fourth-order valence-corrected chi connectivity index (χ4v) is 4.95. The number of benzene rings is 3. The maximum absolute atomic E-state index is 13.2. The summed E-state index contributed by atoms with van der Waals surface area (Å²) >= 11 is 0. The molecule has 4 nitrogen and oxygen atoms in total. The molecule has 0 atom stereocenters. The zero-order valence-corrected chi connectivity index (χ0v) is 16.8. The molecule has 0 aromatic heterocycles. The van der Waals surface area contributed by atoms with Gasteiger partial charge in [0.1, 0.15) is 11.4 Å². The van der Waals surface area contributed by atoms with Crippen molar-refractivity contribution in [2.75, 3.05) is 13.1 Å². The van der Waals surface area contributed by atoms with Crippen LogP contribution in [0.4, 0.5) is 4.39 Å². The molecular weight excluding hydrogens is 387 g/mol. The molecule has 1 aliphatic rings. The highest BCUT2D eigenvalue weighted by molar-refractivity contribution is 7.89. The minimum absolute atomic E-state index is 0.255. The van der Waals surface area contributed by atoms with E-state index in [9.17, 15) is 12.8 Å². The van der Waals surface area contributed by atoms with Crippen LogP contribution in [0.3, 0.4) is 0 Å². The molecule has 29 heavy (non-hydrogen) atoms. The van der Waals surface area contributed by atoms with Crippen molar-refractivity contribution < 1.29 is 12.8 Å². The topological polar surface area (TPSA) is 49.7 Å². The SMILES string of the molecule is Cc1ccc(S(=O)(=O)N2CC(N=Cc3ccc(F)cc3)(c3ccccc3)C2)cc1. The molecule has 0 bridgehead atoms. The van der Waals surface area contributed by atoms with E-state index in [4.69, 9.17) is 4.99 Å². The average Bonchev–Trinajstić information content (AvgIpc) is 2.69. The number of nitrogens with zero attached hydrogens (tertiary/aromatic N) is 2. The lowest BCUT2D eigenvalue weighted by atomic mass is 9.85. The lowest BCUT2D eigenvalue weighted by molar-refractivity contribution is 0.161. The summed E-state index contributed by atoms with van der Waals surface area (Å²) in [5.74, 6) is -0.307. The monoisotopic (exact) mass is 408 g/mol. The van der Waals surface area contributed by atoms with E-state index in [1.807, 2.05) is 37.3 Å². The molecule has 1 heterocycles. The van der Waals surface area contributed by atoms with Gasteiger partial charge in [-0.05, 0) is 42.3 Å². The Morgan fingerprint density at radius 3 is 2.17 bits per heavy atom. The minimum Gasteiger partial charge on any atom is -0.278 e. The number of hydrogen-bond acceptors (Lipinski definition) is 3. The summed E-state index contributed by atoms with van der Waals surface area (Å²) in [6, 6.07) is 22.6. The molecule has 0 saturated carbocycles. The summed E-state index contributed by atoms with van der Waals surface area (Å²) in [6.07, 6.45) is 1.68. The third kappa shape index (κ3) is 3.86. The minimum atomic E-state index is -3.58. The Labute approximate surface area is 170 Å². The van der Waals surface area contributed by atoms with Crippen LogP contribution in [0.1, 0.15) is 16.7 Å². The number of rotatable bonds is 5. The quantitative estimate of drug-likeness (QED) is 0.596. The van der Waals surface area contributed by atoms with Gasteiger partial charge >= 0.3 is 0 Å². The van der Waals surface area contributed by atoms with Crippen molar-refractivity contribution in [3.8, 4) is 0 Å². The highest BCUT2D eigenvalue weighted by Crippen LogP contribution is 2.39. The predicted octanol–water partition coefficient (Wildman–Crippen LogP) is 4.15. The first-order valence-corrected chi connectivity index (χ1v) is 10.8. The van der Waals surface area contributed by atoms with E-state index in [0.717, 1.165) is 16.7 Å². The molecule has 1 aliphatic heterocycles. The summed E-state index contributed by atoms with van der Waals surface area (Å²) in [5.41, 5.74) is 2.07. The van der Waals surface area contributed by atoms with E-state index in [-0.39, 0.29) is 23.8 Å². The molecule has 3 aromatic rings. The van der Waals surface area contributed by atoms with Crippen LogP contribution in [0.5, 0.6) is 0 Å². The molecule has 3 aromatic carbocycles. The summed E-state index contributed by atoms with van der Waals surface area (Å²) in [7, 11) is -3.58. The van der Waals surface area contributed by atoms with Gasteiger partial charge in [-0.2, -0.15) is 4.31 Å². The van der Waals surface area contributed by atoms with Crippen molar-refractivity contribution >= 4 is 16.2 Å². The van der Waals surface area contributed by atoms with Crippen molar-refractivity contribution in [2.45, 2.75) is 17.4 Å². The fourth-order valence-electron chi connectivity index (χ4n) is 3.40. The Morgan fingerprint density at radius 2 is 1.55 bits per heavy atom. The van der Waals surface area contributed by atoms with Gasteiger partial charge in [0.2, 0.25) is 10.0 Å². The van der Waals surface area contributed by atoms with Gasteiger partial charge in [0.15, 0.2) is 0 Å². The molecule has 0 unspecified atom stereocenters. The third-order valence-electron chi connectivity index (χ3n) is 5.18. The Kier molecular flexibility index (Phi) is 5.06. The lowest BCUT2D eigenvalue weighted by Gasteiger charge is -2.46. The van der Waals surface area contributed by atoms with Gasteiger partial charge in [-0.15, -0.1) is 0 Å². The smallest absolute Gasteiger partial charge is 0.243 e. The van der Waals surface area contributed by atoms with Gasteiger partial charge in [-0.25, -0.2) is 12.8 Å². The van der Waals surface area contributed by atoms with Crippen LogP contribution >= 0.6 is 0 Å². The van der Waals surface area contributed by atoms with Gasteiger partial charge in [-0.3, -0.25) is 4.99 Å². The first-order chi connectivity index (χ1) is 13.9. The van der Waals surface area contributed by atoms with Crippen LogP contribution in [0.25, 0.3) is 0 Å². The number of sulfonamides is 1. The van der Waals surface area contributed by atoms with Crippen LogP contribution < -0.4 is 0 Å². The first kappa shape index (κ1) is 19.5. The molecule has 0 N–H and O–H groups in total. The largest absolute Gasteiger partial charge is 0.278 e. The standard InChI is InChI=1S/C23H21FN2O2S/c1-18-7-13-22(14-8-18)29(27,28)26-16-23(17-26,20-5-3-2-4-6-20)25-15-19-9-11-21(24)12-10-19/h2-15H,16-17H2,1H3. The fraction of sp³-hybridized carbons (Fsp3) is 0.174. The molecule has 6 heteroatoms. The molecule has 4 rings (SSSR count). The van der Waals surface area contributed by atoms with Crippen molar-refractivity contribution in [3.63, 3.8) is 0 Å². The summed E-state index contributed by atoms with van der Waals surface area (Å²) in [6.45, 7) is 2.43. The van der Waals surface area contributed by atoms with Gasteiger partial charge in [0.05, 0.1) is 4.90 Å². The van der Waals surface area contributed by atoms with Crippen molar-refractivity contribution in [2.24, 2.45) is 4.99 Å². The average molecular weight is 408 g/mol. The number of aryl methyl sites for hydroxylation is 1. The summed E-state index contributed by atoms with van der Waals surface area (Å²) in [5, 5.41) is 0. The Morgan fingerprint density at radius 1 is 0.931 bits per heavy atom. The van der Waals surface area contributed by atoms with E-state index in [0.29, 0.717) is 0 Å². The van der Waals surface area contributed by atoms with E-state index >= 15 is 0 Å². The van der Waals surface area contributed by atoms with Crippen LogP contribution in [0.2, 0.25) is 0 Å². The first-order valence-electron chi connectivity index (χ1n) is 9.32.